The van der Waals surface area contributed by atoms with Gasteiger partial charge in [-0.3, -0.25) is 4.79 Å². The minimum atomic E-state index is -1.32. The van der Waals surface area contributed by atoms with Gasteiger partial charge in [-0.2, -0.15) is 0 Å². The number of carbonyl (C=O) groups excluding carboxylic acids is 1. The Balaban J connectivity index is 3.57. The van der Waals surface area contributed by atoms with E-state index in [1.807, 2.05) is 0 Å². The van der Waals surface area contributed by atoms with E-state index >= 15 is 0 Å². The van der Waals surface area contributed by atoms with E-state index < -0.39 is 11.4 Å². The molecule has 0 fully saturated rings. The van der Waals surface area contributed by atoms with Crippen molar-refractivity contribution in [3.63, 3.8) is 0 Å². The van der Waals surface area contributed by atoms with Crippen molar-refractivity contribution in [2.45, 2.75) is 0 Å². The lowest BCUT2D eigenvalue weighted by Gasteiger charge is -1.73. The molecule has 34 valence electrons. The number of carboxylic acid groups (broad SMARTS) is 1. The molecule has 0 radical (unpaired) electrons. The van der Waals surface area contributed by atoms with Crippen LogP contribution in [0.2, 0.25) is 0 Å². The lowest BCUT2D eigenvalue weighted by Crippen LogP contribution is -2.10. The van der Waals surface area contributed by atoms with Crippen molar-refractivity contribution in [2.75, 3.05) is 0 Å². The van der Waals surface area contributed by atoms with E-state index in [1.165, 1.54) is 0 Å². The van der Waals surface area contributed by atoms with E-state index in [-0.39, 0.29) is 10.2 Å². The number of hydrogen-bond acceptors (Lipinski definition) is 2. The zero-order chi connectivity index (χ0) is 5.15. The Labute approximate surface area is 37.4 Å². The normalized spacial score (nSPS) is 8.00. The number of rotatable bonds is 1. The Morgan fingerprint density at radius 1 is 1.50 bits per heavy atom. The summed E-state index contributed by atoms with van der Waals surface area (Å²) in [5, 5.41) is 6.99. The summed E-state index contributed by atoms with van der Waals surface area (Å²) in [6.45, 7) is 0. The maximum absolute atomic E-state index is 9.61. The Bertz CT molecular complexity index is 74.8. The first-order valence-electron chi connectivity index (χ1n) is 1.38. The molecule has 0 saturated carbocycles. The van der Waals surface area contributed by atoms with E-state index in [0.717, 1.165) is 0 Å². The van der Waals surface area contributed by atoms with Crippen molar-refractivity contribution in [1.29, 1.82) is 0 Å². The van der Waals surface area contributed by atoms with Gasteiger partial charge in [0.15, 0.2) is 0 Å². The largest absolute Gasteiger partial charge is 0.476 e. The topological polar surface area (TPSA) is 54.4 Å². The van der Waals surface area contributed by atoms with Crippen LogP contribution >= 0.6 is 0 Å². The first-order chi connectivity index (χ1) is 2.64. The third-order valence-corrected chi connectivity index (χ3v) is 0.729. The van der Waals surface area contributed by atoms with Crippen LogP contribution in [0.25, 0.3) is 0 Å². The monoisotopic (exact) mass is 104 g/mol. The van der Waals surface area contributed by atoms with E-state index in [0.29, 0.717) is 0 Å². The third kappa shape index (κ3) is 1.65. The first-order valence-corrected chi connectivity index (χ1v) is 2.38. The summed E-state index contributed by atoms with van der Waals surface area (Å²) in [6.07, 6.45) is 0. The smallest absolute Gasteiger partial charge is 0.365 e. The molecule has 0 spiro atoms. The SMILES string of the molecule is O=C(O)C(=O)[SiH3]. The summed E-state index contributed by atoms with van der Waals surface area (Å²) >= 11 is 0. The van der Waals surface area contributed by atoms with E-state index in [4.69, 9.17) is 5.11 Å². The highest BCUT2D eigenvalue weighted by Gasteiger charge is 1.98. The van der Waals surface area contributed by atoms with Gasteiger partial charge in [0.05, 0.1) is 0 Å². The van der Waals surface area contributed by atoms with Crippen molar-refractivity contribution in [3.8, 4) is 0 Å². The number of aliphatic carboxylic acids is 1. The predicted molar refractivity (Wildman–Crippen MR) is 22.6 cm³/mol. The third-order valence-electron chi connectivity index (χ3n) is 0.301. The van der Waals surface area contributed by atoms with Crippen LogP contribution in [0.5, 0.6) is 0 Å². The molecule has 6 heavy (non-hydrogen) atoms. The lowest BCUT2D eigenvalue weighted by molar-refractivity contribution is -0.145. The lowest BCUT2D eigenvalue weighted by atomic mass is 10.8. The minimum Gasteiger partial charge on any atom is -0.476 e. The van der Waals surface area contributed by atoms with Crippen molar-refractivity contribution in [1.82, 2.24) is 0 Å². The van der Waals surface area contributed by atoms with Crippen LogP contribution in [0.15, 0.2) is 0 Å². The van der Waals surface area contributed by atoms with Crippen molar-refractivity contribution in [3.05, 3.63) is 0 Å². The van der Waals surface area contributed by atoms with Crippen LogP contribution in [-0.4, -0.2) is 26.7 Å². The fourth-order valence-corrected chi connectivity index (χ4v) is 0. The molecule has 0 unspecified atom stereocenters. The van der Waals surface area contributed by atoms with Gasteiger partial charge in [-0.1, -0.05) is 0 Å². The van der Waals surface area contributed by atoms with Gasteiger partial charge in [0.2, 0.25) is 5.41 Å². The molecule has 0 saturated heterocycles. The quantitative estimate of drug-likeness (QED) is 0.308. The van der Waals surface area contributed by atoms with Crippen LogP contribution in [0.1, 0.15) is 0 Å². The van der Waals surface area contributed by atoms with E-state index in [9.17, 15) is 9.59 Å². The zero-order valence-corrected chi connectivity index (χ0v) is 5.26. The molecule has 0 aromatic carbocycles. The van der Waals surface area contributed by atoms with Crippen LogP contribution in [-0.2, 0) is 9.59 Å². The molecule has 0 aromatic heterocycles. The highest BCUT2D eigenvalue weighted by Crippen LogP contribution is 1.55. The zero-order valence-electron chi connectivity index (χ0n) is 3.26. The molecule has 1 N–H and O–H groups in total. The highest BCUT2D eigenvalue weighted by molar-refractivity contribution is 6.75. The summed E-state index contributed by atoms with van der Waals surface area (Å²) in [5.41, 5.74) is 0. The molecule has 0 amide bonds. The molecular formula is C2H4O3Si. The van der Waals surface area contributed by atoms with Crippen LogP contribution in [0, 0.1) is 0 Å². The van der Waals surface area contributed by atoms with Gasteiger partial charge in [-0.15, -0.1) is 0 Å². The molecule has 0 aliphatic carbocycles. The molecule has 0 rings (SSSR count). The molecule has 0 aromatic rings. The number of hydrogen-bond donors (Lipinski definition) is 1. The molecule has 4 heteroatoms. The molecule has 0 heterocycles. The molecule has 0 aliphatic rings. The number of carboxylic acids is 1. The predicted octanol–water partition coefficient (Wildman–Crippen LogP) is -2.04. The average Bonchev–Trinajstić information content (AvgIpc) is 1.36. The minimum absolute atomic E-state index is 0.115. The number of carbonyl (C=O) groups is 2. The highest BCUT2D eigenvalue weighted by atomic mass is 28.1. The Morgan fingerprint density at radius 2 is 1.67 bits per heavy atom. The summed E-state index contributed by atoms with van der Waals surface area (Å²) < 4.78 is 0. The fraction of sp³-hybridized carbons (Fsp3) is 0. The van der Waals surface area contributed by atoms with Gasteiger partial charge in [0, 0.05) is 0 Å². The molecule has 0 aliphatic heterocycles. The summed E-state index contributed by atoms with van der Waals surface area (Å²) in [4.78, 5) is 19.0. The van der Waals surface area contributed by atoms with Gasteiger partial charge in [0.25, 0.3) is 0 Å². The molecule has 0 bridgehead atoms. The molecule has 0 atom stereocenters. The van der Waals surface area contributed by atoms with Crippen LogP contribution in [0.3, 0.4) is 0 Å². The molecule has 3 nitrogen and oxygen atoms in total. The second-order valence-corrected chi connectivity index (χ2v) is 1.77. The van der Waals surface area contributed by atoms with Crippen molar-refractivity contribution >= 4 is 21.6 Å². The summed E-state index contributed by atoms with van der Waals surface area (Å²) in [5.74, 6) is -1.32. The fourth-order valence-electron chi connectivity index (χ4n) is 0. The van der Waals surface area contributed by atoms with E-state index in [2.05, 4.69) is 0 Å². The standard InChI is InChI=1S/C2H4O3Si/c3-1(4)2(5)6/h6H3,(H,3,4). The van der Waals surface area contributed by atoms with Gasteiger partial charge in [-0.25, -0.2) is 4.79 Å². The van der Waals surface area contributed by atoms with Crippen molar-refractivity contribution < 1.29 is 14.7 Å². The van der Waals surface area contributed by atoms with Crippen LogP contribution in [0.4, 0.5) is 0 Å². The van der Waals surface area contributed by atoms with Crippen LogP contribution < -0.4 is 0 Å². The van der Waals surface area contributed by atoms with Gasteiger partial charge in [0.1, 0.15) is 10.2 Å². The summed E-state index contributed by atoms with van der Waals surface area (Å²) in [6, 6.07) is 0. The van der Waals surface area contributed by atoms with Crippen molar-refractivity contribution in [2.24, 2.45) is 0 Å². The van der Waals surface area contributed by atoms with E-state index in [1.54, 1.807) is 0 Å². The maximum atomic E-state index is 9.61. The molecular weight excluding hydrogens is 100 g/mol. The Morgan fingerprint density at radius 3 is 1.67 bits per heavy atom. The summed E-state index contributed by atoms with van der Waals surface area (Å²) in [7, 11) is 0.115. The van der Waals surface area contributed by atoms with Gasteiger partial charge in [-0.05, 0) is 0 Å². The van der Waals surface area contributed by atoms with Gasteiger partial charge >= 0.3 is 5.97 Å². The van der Waals surface area contributed by atoms with Gasteiger partial charge < -0.3 is 5.11 Å². The Kier molecular flexibility index (Phi) is 1.53. The Hall–Kier alpha value is -0.643. The maximum Gasteiger partial charge on any atom is 0.365 e. The second kappa shape index (κ2) is 1.71. The second-order valence-electron chi connectivity index (χ2n) is 0.861. The average molecular weight is 104 g/mol. The first kappa shape index (κ1) is 5.36.